The minimum atomic E-state index is -0.179. The highest BCUT2D eigenvalue weighted by Crippen LogP contribution is 2.26. The zero-order valence-corrected chi connectivity index (χ0v) is 15.2. The summed E-state index contributed by atoms with van der Waals surface area (Å²) in [6.07, 6.45) is 3.25. The Kier molecular flexibility index (Phi) is 5.40. The lowest BCUT2D eigenvalue weighted by atomic mass is 10.2. The Hall–Kier alpha value is -2.73. The van der Waals surface area contributed by atoms with Gasteiger partial charge in [0.15, 0.2) is 0 Å². The summed E-state index contributed by atoms with van der Waals surface area (Å²) in [7, 11) is 0. The summed E-state index contributed by atoms with van der Waals surface area (Å²) in [6, 6.07) is 15.1. The molecule has 2 N–H and O–H groups in total. The van der Waals surface area contributed by atoms with E-state index in [1.54, 1.807) is 24.5 Å². The van der Waals surface area contributed by atoms with Crippen LogP contribution in [0.25, 0.3) is 0 Å². The van der Waals surface area contributed by atoms with Crippen LogP contribution in [0.15, 0.2) is 65.4 Å². The van der Waals surface area contributed by atoms with Crippen molar-refractivity contribution < 1.29 is 4.79 Å². The Morgan fingerprint density at radius 2 is 2.00 bits per heavy atom. The van der Waals surface area contributed by atoms with Gasteiger partial charge in [0.1, 0.15) is 5.82 Å². The molecule has 0 radical (unpaired) electrons. The van der Waals surface area contributed by atoms with Crippen molar-refractivity contribution in [2.24, 2.45) is 0 Å². The Labute approximate surface area is 154 Å². The number of anilines is 2. The van der Waals surface area contributed by atoms with Crippen molar-refractivity contribution in [2.45, 2.75) is 13.5 Å². The molecule has 1 amide bonds. The molecular formula is C19H17BrN4O. The summed E-state index contributed by atoms with van der Waals surface area (Å²) in [5.74, 6) is 0.493. The summed E-state index contributed by atoms with van der Waals surface area (Å²) in [6.45, 7) is 2.42. The van der Waals surface area contributed by atoms with Gasteiger partial charge in [-0.1, -0.05) is 12.1 Å². The third-order valence-electron chi connectivity index (χ3n) is 3.57. The first-order valence-electron chi connectivity index (χ1n) is 7.79. The molecule has 25 heavy (non-hydrogen) atoms. The number of benzene rings is 1. The quantitative estimate of drug-likeness (QED) is 0.677. The molecule has 3 aromatic rings. The average molecular weight is 397 g/mol. The van der Waals surface area contributed by atoms with Gasteiger partial charge in [0.25, 0.3) is 5.91 Å². The van der Waals surface area contributed by atoms with E-state index in [-0.39, 0.29) is 5.91 Å². The van der Waals surface area contributed by atoms with E-state index in [0.29, 0.717) is 17.9 Å². The van der Waals surface area contributed by atoms with E-state index >= 15 is 0 Å². The molecule has 5 nitrogen and oxygen atoms in total. The summed E-state index contributed by atoms with van der Waals surface area (Å²) >= 11 is 3.52. The number of aryl methyl sites for hydroxylation is 1. The maximum atomic E-state index is 12.2. The summed E-state index contributed by atoms with van der Waals surface area (Å²) in [5, 5.41) is 6.05. The Morgan fingerprint density at radius 1 is 1.12 bits per heavy atom. The minimum Gasteiger partial charge on any atom is -0.346 e. The normalized spacial score (nSPS) is 10.3. The molecule has 0 bridgehead atoms. The van der Waals surface area contributed by atoms with Crippen molar-refractivity contribution >= 4 is 33.3 Å². The van der Waals surface area contributed by atoms with Gasteiger partial charge < -0.3 is 10.6 Å². The maximum absolute atomic E-state index is 12.2. The highest BCUT2D eigenvalue weighted by Gasteiger charge is 2.07. The van der Waals surface area contributed by atoms with Crippen molar-refractivity contribution in [3.63, 3.8) is 0 Å². The van der Waals surface area contributed by atoms with Gasteiger partial charge in [-0.2, -0.15) is 0 Å². The van der Waals surface area contributed by atoms with Crippen LogP contribution in [-0.4, -0.2) is 15.9 Å². The van der Waals surface area contributed by atoms with E-state index in [9.17, 15) is 4.79 Å². The number of aromatic nitrogens is 2. The van der Waals surface area contributed by atoms with Crippen LogP contribution in [0, 0.1) is 6.92 Å². The average Bonchev–Trinajstić information content (AvgIpc) is 2.63. The fourth-order valence-corrected chi connectivity index (χ4v) is 2.83. The number of carbonyl (C=O) groups is 1. The zero-order valence-electron chi connectivity index (χ0n) is 13.7. The number of nitrogens with one attached hydrogen (secondary N) is 2. The molecule has 0 fully saturated rings. The van der Waals surface area contributed by atoms with Crippen LogP contribution in [0.5, 0.6) is 0 Å². The van der Waals surface area contributed by atoms with Crippen molar-refractivity contribution in [3.8, 4) is 0 Å². The van der Waals surface area contributed by atoms with Gasteiger partial charge in [-0.25, -0.2) is 4.98 Å². The summed E-state index contributed by atoms with van der Waals surface area (Å²) in [4.78, 5) is 20.7. The lowest BCUT2D eigenvalue weighted by Gasteiger charge is -2.09. The van der Waals surface area contributed by atoms with Crippen LogP contribution < -0.4 is 10.6 Å². The van der Waals surface area contributed by atoms with Gasteiger partial charge in [0.2, 0.25) is 0 Å². The van der Waals surface area contributed by atoms with Gasteiger partial charge in [-0.15, -0.1) is 0 Å². The first-order valence-corrected chi connectivity index (χ1v) is 8.58. The molecule has 0 aliphatic carbocycles. The number of hydrogen-bond donors (Lipinski definition) is 2. The van der Waals surface area contributed by atoms with Crippen molar-refractivity contribution in [1.29, 1.82) is 0 Å². The molecular weight excluding hydrogens is 380 g/mol. The summed E-state index contributed by atoms with van der Waals surface area (Å²) in [5.41, 5.74) is 3.41. The smallest absolute Gasteiger partial charge is 0.253 e. The topological polar surface area (TPSA) is 66.9 Å². The highest BCUT2D eigenvalue weighted by molar-refractivity contribution is 9.10. The highest BCUT2D eigenvalue weighted by atomic mass is 79.9. The largest absolute Gasteiger partial charge is 0.346 e. The molecule has 1 aromatic carbocycles. The van der Waals surface area contributed by atoms with E-state index in [4.69, 9.17) is 0 Å². The van der Waals surface area contributed by atoms with Gasteiger partial charge in [-0.05, 0) is 64.8 Å². The van der Waals surface area contributed by atoms with Crippen LogP contribution in [0.3, 0.4) is 0 Å². The number of halogens is 1. The van der Waals surface area contributed by atoms with E-state index in [0.717, 1.165) is 15.9 Å². The molecule has 0 spiro atoms. The minimum absolute atomic E-state index is 0.179. The molecule has 0 saturated heterocycles. The van der Waals surface area contributed by atoms with Crippen LogP contribution >= 0.6 is 15.9 Å². The molecule has 2 heterocycles. The SMILES string of the molecule is Cc1ccc(Nc2ccc(C(=O)NCc3ccccn3)cn2)c(Br)c1. The lowest BCUT2D eigenvalue weighted by Crippen LogP contribution is -2.23. The second kappa shape index (κ2) is 7.90. The predicted molar refractivity (Wildman–Crippen MR) is 102 cm³/mol. The van der Waals surface area contributed by atoms with Crippen molar-refractivity contribution in [3.05, 3.63) is 82.2 Å². The maximum Gasteiger partial charge on any atom is 0.253 e. The number of hydrogen-bond acceptors (Lipinski definition) is 4. The molecule has 2 aromatic heterocycles. The molecule has 0 aliphatic heterocycles. The lowest BCUT2D eigenvalue weighted by molar-refractivity contribution is 0.0950. The third kappa shape index (κ3) is 4.64. The Balaban J connectivity index is 1.62. The number of pyridine rings is 2. The zero-order chi connectivity index (χ0) is 17.6. The van der Waals surface area contributed by atoms with Gasteiger partial charge >= 0.3 is 0 Å². The standard InChI is InChI=1S/C19H17BrN4O/c1-13-5-7-17(16(20)10-13)24-18-8-6-14(11-22-18)19(25)23-12-15-4-2-3-9-21-15/h2-11H,12H2,1H3,(H,22,24)(H,23,25). The van der Waals surface area contributed by atoms with E-state index in [2.05, 4.69) is 36.5 Å². The third-order valence-corrected chi connectivity index (χ3v) is 4.23. The fourth-order valence-electron chi connectivity index (χ4n) is 2.24. The van der Waals surface area contributed by atoms with Gasteiger partial charge in [0, 0.05) is 16.9 Å². The number of amides is 1. The first kappa shape index (κ1) is 17.1. The van der Waals surface area contributed by atoms with Crippen LogP contribution in [0.1, 0.15) is 21.6 Å². The number of nitrogens with zero attached hydrogens (tertiary/aromatic N) is 2. The van der Waals surface area contributed by atoms with E-state index in [1.165, 1.54) is 5.56 Å². The van der Waals surface area contributed by atoms with Crippen LogP contribution in [0.2, 0.25) is 0 Å². The number of rotatable bonds is 5. The van der Waals surface area contributed by atoms with E-state index < -0.39 is 0 Å². The molecule has 6 heteroatoms. The van der Waals surface area contributed by atoms with Crippen molar-refractivity contribution in [1.82, 2.24) is 15.3 Å². The van der Waals surface area contributed by atoms with Crippen molar-refractivity contribution in [2.75, 3.05) is 5.32 Å². The Morgan fingerprint density at radius 3 is 2.68 bits per heavy atom. The van der Waals surface area contributed by atoms with Crippen LogP contribution in [-0.2, 0) is 6.54 Å². The van der Waals surface area contributed by atoms with E-state index in [1.807, 2.05) is 43.3 Å². The monoisotopic (exact) mass is 396 g/mol. The second-order valence-corrected chi connectivity index (χ2v) is 6.40. The van der Waals surface area contributed by atoms with Crippen LogP contribution in [0.4, 0.5) is 11.5 Å². The molecule has 0 aliphatic rings. The fraction of sp³-hybridized carbons (Fsp3) is 0.105. The molecule has 3 rings (SSSR count). The molecule has 0 atom stereocenters. The molecule has 0 unspecified atom stereocenters. The second-order valence-electron chi connectivity index (χ2n) is 5.54. The molecule has 126 valence electrons. The number of carbonyl (C=O) groups excluding carboxylic acids is 1. The Bertz CT molecular complexity index is 866. The van der Waals surface area contributed by atoms with Gasteiger partial charge in [0.05, 0.1) is 23.5 Å². The summed E-state index contributed by atoms with van der Waals surface area (Å²) < 4.78 is 0.964. The van der Waals surface area contributed by atoms with Gasteiger partial charge in [-0.3, -0.25) is 9.78 Å². The first-order chi connectivity index (χ1) is 12.1. The predicted octanol–water partition coefficient (Wildman–Crippen LogP) is 4.22. The molecule has 0 saturated carbocycles.